The molecule has 0 aliphatic rings. The van der Waals surface area contributed by atoms with E-state index in [0.29, 0.717) is 18.2 Å². The summed E-state index contributed by atoms with van der Waals surface area (Å²) in [4.78, 5) is 13.0. The smallest absolute Gasteiger partial charge is 0.239 e. The zero-order valence-electron chi connectivity index (χ0n) is 10.0. The van der Waals surface area contributed by atoms with Crippen LogP contribution in [0.1, 0.15) is 6.92 Å². The summed E-state index contributed by atoms with van der Waals surface area (Å²) in [5, 5.41) is 0.668. The largest absolute Gasteiger partial charge is 0.492 e. The van der Waals surface area contributed by atoms with Gasteiger partial charge in [0.1, 0.15) is 12.4 Å². The highest BCUT2D eigenvalue weighted by atomic mass is 35.5. The van der Waals surface area contributed by atoms with E-state index in [4.69, 9.17) is 22.1 Å². The molecule has 5 heteroatoms. The molecular weight excluding hydrogens is 240 g/mol. The number of ether oxygens (including phenoxy) is 1. The zero-order valence-corrected chi connectivity index (χ0v) is 10.8. The maximum atomic E-state index is 11.5. The molecule has 0 heterocycles. The number of nitrogens with zero attached hydrogens (tertiary/aromatic N) is 1. The maximum absolute atomic E-state index is 11.5. The summed E-state index contributed by atoms with van der Waals surface area (Å²) in [6.45, 7) is 2.60. The Bertz CT molecular complexity index is 365. The van der Waals surface area contributed by atoms with Gasteiger partial charge < -0.3 is 15.4 Å². The number of carbonyl (C=O) groups excluding carboxylic acids is 1. The molecule has 1 aromatic rings. The first-order chi connectivity index (χ1) is 8.00. The number of hydrogen-bond acceptors (Lipinski definition) is 3. The fourth-order valence-corrected chi connectivity index (χ4v) is 1.42. The van der Waals surface area contributed by atoms with Crippen molar-refractivity contribution in [3.63, 3.8) is 0 Å². The molecule has 17 heavy (non-hydrogen) atoms. The van der Waals surface area contributed by atoms with Crippen molar-refractivity contribution in [3.8, 4) is 5.75 Å². The predicted octanol–water partition coefficient (Wildman–Crippen LogP) is 1.52. The van der Waals surface area contributed by atoms with E-state index >= 15 is 0 Å². The van der Waals surface area contributed by atoms with Crippen LogP contribution in [-0.4, -0.2) is 37.0 Å². The predicted molar refractivity (Wildman–Crippen MR) is 68.2 cm³/mol. The summed E-state index contributed by atoms with van der Waals surface area (Å²) in [5.41, 5.74) is 5.49. The molecule has 0 aliphatic heterocycles. The molecule has 1 rings (SSSR count). The molecule has 2 N–H and O–H groups in total. The van der Waals surface area contributed by atoms with Gasteiger partial charge in [-0.15, -0.1) is 0 Å². The third-order valence-electron chi connectivity index (χ3n) is 2.27. The first-order valence-electron chi connectivity index (χ1n) is 5.39. The molecule has 0 fully saturated rings. The van der Waals surface area contributed by atoms with E-state index in [2.05, 4.69) is 0 Å². The Morgan fingerprint density at radius 1 is 1.47 bits per heavy atom. The summed E-state index contributed by atoms with van der Waals surface area (Å²) in [6.07, 6.45) is 0. The topological polar surface area (TPSA) is 55.6 Å². The highest BCUT2D eigenvalue weighted by Crippen LogP contribution is 2.15. The van der Waals surface area contributed by atoms with Crippen molar-refractivity contribution in [2.75, 3.05) is 20.2 Å². The van der Waals surface area contributed by atoms with Crippen molar-refractivity contribution in [2.45, 2.75) is 13.0 Å². The lowest BCUT2D eigenvalue weighted by molar-refractivity contribution is -0.131. The number of amides is 1. The lowest BCUT2D eigenvalue weighted by Crippen LogP contribution is -2.41. The number of carbonyl (C=O) groups is 1. The molecule has 0 saturated heterocycles. The number of nitrogens with two attached hydrogens (primary N) is 1. The van der Waals surface area contributed by atoms with Crippen LogP contribution in [-0.2, 0) is 4.79 Å². The van der Waals surface area contributed by atoms with Crippen LogP contribution in [0.5, 0.6) is 5.75 Å². The lowest BCUT2D eigenvalue weighted by atomic mass is 10.3. The van der Waals surface area contributed by atoms with Crippen LogP contribution in [0, 0.1) is 0 Å². The number of likely N-dealkylation sites (N-methyl/N-ethyl adjacent to an activating group) is 1. The number of halogens is 1. The molecule has 94 valence electrons. The Kier molecular flexibility index (Phi) is 5.25. The first-order valence-corrected chi connectivity index (χ1v) is 5.77. The molecule has 0 saturated carbocycles. The minimum atomic E-state index is -0.476. The van der Waals surface area contributed by atoms with Crippen molar-refractivity contribution in [1.82, 2.24) is 4.90 Å². The van der Waals surface area contributed by atoms with E-state index in [1.807, 2.05) is 0 Å². The van der Waals surface area contributed by atoms with Crippen LogP contribution in [0.3, 0.4) is 0 Å². The average molecular weight is 257 g/mol. The van der Waals surface area contributed by atoms with Crippen LogP contribution >= 0.6 is 11.6 Å². The first kappa shape index (κ1) is 13.8. The average Bonchev–Trinajstić information content (AvgIpc) is 2.30. The maximum Gasteiger partial charge on any atom is 0.239 e. The van der Waals surface area contributed by atoms with Crippen LogP contribution in [0.25, 0.3) is 0 Å². The number of hydrogen-bond donors (Lipinski definition) is 1. The molecule has 0 aromatic heterocycles. The van der Waals surface area contributed by atoms with E-state index < -0.39 is 6.04 Å². The molecular formula is C12H17ClN2O2. The lowest BCUT2D eigenvalue weighted by Gasteiger charge is -2.19. The molecule has 1 amide bonds. The molecule has 0 spiro atoms. The zero-order chi connectivity index (χ0) is 12.8. The summed E-state index contributed by atoms with van der Waals surface area (Å²) in [6, 6.07) is 6.61. The van der Waals surface area contributed by atoms with Crippen molar-refractivity contribution in [1.29, 1.82) is 0 Å². The van der Waals surface area contributed by atoms with Gasteiger partial charge in [0, 0.05) is 12.1 Å². The van der Waals surface area contributed by atoms with Gasteiger partial charge in [-0.05, 0) is 31.2 Å². The molecule has 0 aliphatic carbocycles. The Morgan fingerprint density at radius 3 is 2.59 bits per heavy atom. The third kappa shape index (κ3) is 4.63. The summed E-state index contributed by atoms with van der Waals surface area (Å²) < 4.78 is 5.47. The van der Waals surface area contributed by atoms with Crippen LogP contribution in [0.15, 0.2) is 24.3 Å². The minimum Gasteiger partial charge on any atom is -0.492 e. The van der Waals surface area contributed by atoms with Gasteiger partial charge >= 0.3 is 0 Å². The van der Waals surface area contributed by atoms with Crippen molar-refractivity contribution in [2.24, 2.45) is 5.73 Å². The molecule has 4 nitrogen and oxygen atoms in total. The highest BCUT2D eigenvalue weighted by molar-refractivity contribution is 6.30. The second-order valence-corrected chi connectivity index (χ2v) is 4.29. The van der Waals surface area contributed by atoms with Crippen LogP contribution in [0.2, 0.25) is 5.02 Å². The van der Waals surface area contributed by atoms with Gasteiger partial charge in [-0.1, -0.05) is 11.6 Å². The normalized spacial score (nSPS) is 12.0. The van der Waals surface area contributed by atoms with E-state index in [1.54, 1.807) is 43.1 Å². The van der Waals surface area contributed by atoms with Gasteiger partial charge in [-0.3, -0.25) is 4.79 Å². The second kappa shape index (κ2) is 6.47. The van der Waals surface area contributed by atoms with Gasteiger partial charge in [0.05, 0.1) is 12.6 Å². The van der Waals surface area contributed by atoms with Gasteiger partial charge in [0.15, 0.2) is 0 Å². The van der Waals surface area contributed by atoms with Gasteiger partial charge in [-0.2, -0.15) is 0 Å². The van der Waals surface area contributed by atoms with E-state index in [9.17, 15) is 4.79 Å². The molecule has 0 radical (unpaired) electrons. The fraction of sp³-hybridized carbons (Fsp3) is 0.417. The molecule has 1 aromatic carbocycles. The second-order valence-electron chi connectivity index (χ2n) is 3.85. The van der Waals surface area contributed by atoms with E-state index in [-0.39, 0.29) is 5.91 Å². The van der Waals surface area contributed by atoms with Gasteiger partial charge in [0.2, 0.25) is 5.91 Å². The number of rotatable bonds is 5. The molecule has 1 atom stereocenters. The minimum absolute atomic E-state index is 0.0929. The fourth-order valence-electron chi connectivity index (χ4n) is 1.29. The summed E-state index contributed by atoms with van der Waals surface area (Å²) in [7, 11) is 1.71. The van der Waals surface area contributed by atoms with Crippen molar-refractivity contribution >= 4 is 17.5 Å². The Labute approximate surface area is 106 Å². The Balaban J connectivity index is 2.33. The van der Waals surface area contributed by atoms with Crippen LogP contribution in [0.4, 0.5) is 0 Å². The van der Waals surface area contributed by atoms with Crippen molar-refractivity contribution < 1.29 is 9.53 Å². The Morgan fingerprint density at radius 2 is 2.06 bits per heavy atom. The third-order valence-corrected chi connectivity index (χ3v) is 2.53. The van der Waals surface area contributed by atoms with Crippen molar-refractivity contribution in [3.05, 3.63) is 29.3 Å². The summed E-state index contributed by atoms with van der Waals surface area (Å²) >= 11 is 5.75. The quantitative estimate of drug-likeness (QED) is 0.869. The Hall–Kier alpha value is -1.26. The van der Waals surface area contributed by atoms with Gasteiger partial charge in [-0.25, -0.2) is 0 Å². The van der Waals surface area contributed by atoms with E-state index in [1.165, 1.54) is 0 Å². The van der Waals surface area contributed by atoms with Crippen LogP contribution < -0.4 is 10.5 Å². The molecule has 0 bridgehead atoms. The van der Waals surface area contributed by atoms with Gasteiger partial charge in [0.25, 0.3) is 0 Å². The summed E-state index contributed by atoms with van der Waals surface area (Å²) in [5.74, 6) is 0.640. The SMILES string of the molecule is CC(N)C(=O)N(C)CCOc1ccc(Cl)cc1. The number of benzene rings is 1. The standard InChI is InChI=1S/C12H17ClN2O2/c1-9(14)12(16)15(2)7-8-17-11-5-3-10(13)4-6-11/h3-6,9H,7-8,14H2,1-2H3. The molecule has 1 unspecified atom stereocenters. The van der Waals surface area contributed by atoms with E-state index in [0.717, 1.165) is 5.75 Å². The highest BCUT2D eigenvalue weighted by Gasteiger charge is 2.12. The monoisotopic (exact) mass is 256 g/mol.